The van der Waals surface area contributed by atoms with Crippen LogP contribution in [0.4, 0.5) is 15.9 Å². The number of nitrogen functional groups attached to an aromatic ring is 1. The molecule has 5 heteroatoms. The van der Waals surface area contributed by atoms with Gasteiger partial charge in [-0.15, -0.1) is 0 Å². The maximum Gasteiger partial charge on any atom is 0.148 e. The van der Waals surface area contributed by atoms with E-state index in [0.717, 1.165) is 23.6 Å². The zero-order chi connectivity index (χ0) is 13.1. The third-order valence-corrected chi connectivity index (χ3v) is 2.82. The van der Waals surface area contributed by atoms with Gasteiger partial charge < -0.3 is 11.1 Å². The van der Waals surface area contributed by atoms with Crippen LogP contribution in [-0.4, -0.2) is 9.78 Å². The summed E-state index contributed by atoms with van der Waals surface area (Å²) in [5.41, 5.74) is 8.28. The number of hydrogen-bond donors (Lipinski definition) is 2. The third-order valence-electron chi connectivity index (χ3n) is 2.82. The van der Waals surface area contributed by atoms with Gasteiger partial charge in [-0.25, -0.2) is 9.07 Å². The van der Waals surface area contributed by atoms with E-state index < -0.39 is 0 Å². The molecule has 3 N–H and O–H groups in total. The predicted octanol–water partition coefficient (Wildman–Crippen LogP) is 2.54. The van der Waals surface area contributed by atoms with E-state index in [1.165, 1.54) is 12.1 Å². The van der Waals surface area contributed by atoms with Crippen LogP contribution >= 0.6 is 0 Å². The fourth-order valence-corrected chi connectivity index (χ4v) is 1.84. The summed E-state index contributed by atoms with van der Waals surface area (Å²) in [5.74, 6) is 0.557. The van der Waals surface area contributed by atoms with Crippen LogP contribution in [0.3, 0.4) is 0 Å². The average Bonchev–Trinajstić information content (AvgIpc) is 2.63. The van der Waals surface area contributed by atoms with E-state index in [4.69, 9.17) is 5.73 Å². The number of benzene rings is 1. The smallest absolute Gasteiger partial charge is 0.148 e. The average molecular weight is 248 g/mol. The van der Waals surface area contributed by atoms with Crippen molar-refractivity contribution in [1.82, 2.24) is 9.78 Å². The second-order valence-corrected chi connectivity index (χ2v) is 4.15. The van der Waals surface area contributed by atoms with Gasteiger partial charge in [0.05, 0.1) is 11.4 Å². The molecule has 18 heavy (non-hydrogen) atoms. The van der Waals surface area contributed by atoms with Crippen LogP contribution in [0.5, 0.6) is 0 Å². The summed E-state index contributed by atoms with van der Waals surface area (Å²) >= 11 is 0. The monoisotopic (exact) mass is 248 g/mol. The number of nitrogens with one attached hydrogen (secondary N) is 1. The molecule has 0 aliphatic rings. The molecule has 96 valence electrons. The lowest BCUT2D eigenvalue weighted by molar-refractivity contribution is 0.625. The lowest BCUT2D eigenvalue weighted by Gasteiger charge is -2.09. The van der Waals surface area contributed by atoms with E-state index in [9.17, 15) is 4.39 Å². The van der Waals surface area contributed by atoms with Gasteiger partial charge in [0.2, 0.25) is 0 Å². The molecule has 0 atom stereocenters. The van der Waals surface area contributed by atoms with Crippen LogP contribution < -0.4 is 11.1 Å². The minimum atomic E-state index is -0.234. The standard InChI is InChI=1S/C13H17FN4/c1-3-18-13(12(15)9(2)17-18)16-8-10-5-4-6-11(14)7-10/h4-7,16H,3,8,15H2,1-2H3. The number of nitrogens with zero attached hydrogens (tertiary/aromatic N) is 2. The van der Waals surface area contributed by atoms with Gasteiger partial charge in [-0.3, -0.25) is 0 Å². The summed E-state index contributed by atoms with van der Waals surface area (Å²) in [6, 6.07) is 6.49. The fraction of sp³-hybridized carbons (Fsp3) is 0.308. The van der Waals surface area contributed by atoms with Crippen molar-refractivity contribution in [1.29, 1.82) is 0 Å². The zero-order valence-electron chi connectivity index (χ0n) is 10.6. The first kappa shape index (κ1) is 12.4. The molecule has 0 saturated carbocycles. The van der Waals surface area contributed by atoms with Gasteiger partial charge in [-0.1, -0.05) is 12.1 Å². The van der Waals surface area contributed by atoms with Crippen LogP contribution in [-0.2, 0) is 13.1 Å². The van der Waals surface area contributed by atoms with Crippen molar-refractivity contribution >= 4 is 11.5 Å². The summed E-state index contributed by atoms with van der Waals surface area (Å²) in [5, 5.41) is 7.52. The summed E-state index contributed by atoms with van der Waals surface area (Å²) in [4.78, 5) is 0. The van der Waals surface area contributed by atoms with E-state index in [0.29, 0.717) is 12.2 Å². The molecule has 4 nitrogen and oxygen atoms in total. The Bertz CT molecular complexity index is 548. The summed E-state index contributed by atoms with van der Waals surface area (Å²) in [7, 11) is 0. The van der Waals surface area contributed by atoms with Crippen molar-refractivity contribution in [3.63, 3.8) is 0 Å². The highest BCUT2D eigenvalue weighted by Crippen LogP contribution is 2.22. The SMILES string of the molecule is CCn1nc(C)c(N)c1NCc1cccc(F)c1. The number of anilines is 2. The van der Waals surface area contributed by atoms with E-state index in [1.807, 2.05) is 24.6 Å². The van der Waals surface area contributed by atoms with Crippen molar-refractivity contribution in [2.75, 3.05) is 11.1 Å². The number of halogens is 1. The number of nitrogens with two attached hydrogens (primary N) is 1. The Kier molecular flexibility index (Phi) is 3.50. The first-order valence-corrected chi connectivity index (χ1v) is 5.93. The topological polar surface area (TPSA) is 55.9 Å². The molecule has 2 rings (SSSR count). The van der Waals surface area contributed by atoms with Crippen molar-refractivity contribution in [2.45, 2.75) is 26.9 Å². The molecular weight excluding hydrogens is 231 g/mol. The van der Waals surface area contributed by atoms with Crippen molar-refractivity contribution in [3.8, 4) is 0 Å². The molecule has 2 aromatic rings. The molecule has 0 saturated heterocycles. The van der Waals surface area contributed by atoms with Gasteiger partial charge in [0.1, 0.15) is 11.6 Å². The first-order valence-electron chi connectivity index (χ1n) is 5.93. The molecule has 1 aromatic carbocycles. The zero-order valence-corrected chi connectivity index (χ0v) is 10.6. The number of hydrogen-bond acceptors (Lipinski definition) is 3. The van der Waals surface area contributed by atoms with Gasteiger partial charge >= 0.3 is 0 Å². The van der Waals surface area contributed by atoms with Crippen molar-refractivity contribution in [3.05, 3.63) is 41.3 Å². The molecular formula is C13H17FN4. The minimum absolute atomic E-state index is 0.234. The number of rotatable bonds is 4. The molecule has 0 bridgehead atoms. The lowest BCUT2D eigenvalue weighted by atomic mass is 10.2. The molecule has 0 aliphatic heterocycles. The van der Waals surface area contributed by atoms with Crippen molar-refractivity contribution < 1.29 is 4.39 Å². The predicted molar refractivity (Wildman–Crippen MR) is 70.8 cm³/mol. The minimum Gasteiger partial charge on any atom is -0.394 e. The molecule has 1 heterocycles. The largest absolute Gasteiger partial charge is 0.394 e. The molecule has 0 unspecified atom stereocenters. The van der Waals surface area contributed by atoms with E-state index in [2.05, 4.69) is 10.4 Å². The van der Waals surface area contributed by atoms with Gasteiger partial charge in [-0.2, -0.15) is 5.10 Å². The van der Waals surface area contributed by atoms with Crippen LogP contribution in [0.1, 0.15) is 18.2 Å². The van der Waals surface area contributed by atoms with Crippen molar-refractivity contribution in [2.24, 2.45) is 0 Å². The quantitative estimate of drug-likeness (QED) is 0.874. The molecule has 1 aromatic heterocycles. The second-order valence-electron chi connectivity index (χ2n) is 4.15. The third kappa shape index (κ3) is 2.45. The van der Waals surface area contributed by atoms with Crippen LogP contribution in [0.15, 0.2) is 24.3 Å². The Morgan fingerprint density at radius 1 is 1.44 bits per heavy atom. The highest BCUT2D eigenvalue weighted by molar-refractivity contribution is 5.64. The van der Waals surface area contributed by atoms with E-state index in [-0.39, 0.29) is 5.82 Å². The van der Waals surface area contributed by atoms with Crippen LogP contribution in [0.25, 0.3) is 0 Å². The normalized spacial score (nSPS) is 10.6. The molecule has 0 aliphatic carbocycles. The van der Waals surface area contributed by atoms with Crippen LogP contribution in [0.2, 0.25) is 0 Å². The number of aryl methyl sites for hydroxylation is 2. The summed E-state index contributed by atoms with van der Waals surface area (Å²) < 4.78 is 14.9. The van der Waals surface area contributed by atoms with Crippen LogP contribution in [0, 0.1) is 12.7 Å². The van der Waals surface area contributed by atoms with Gasteiger partial charge in [0.25, 0.3) is 0 Å². The Hall–Kier alpha value is -2.04. The van der Waals surface area contributed by atoms with Gasteiger partial charge in [0.15, 0.2) is 0 Å². The van der Waals surface area contributed by atoms with E-state index >= 15 is 0 Å². The molecule has 0 fully saturated rings. The van der Waals surface area contributed by atoms with Gasteiger partial charge in [0, 0.05) is 13.1 Å². The Morgan fingerprint density at radius 2 is 2.22 bits per heavy atom. The summed E-state index contributed by atoms with van der Waals surface area (Å²) in [6.07, 6.45) is 0. The first-order chi connectivity index (χ1) is 8.61. The highest BCUT2D eigenvalue weighted by Gasteiger charge is 2.10. The molecule has 0 spiro atoms. The van der Waals surface area contributed by atoms with Gasteiger partial charge in [-0.05, 0) is 31.5 Å². The summed E-state index contributed by atoms with van der Waals surface area (Å²) in [6.45, 7) is 5.13. The number of aromatic nitrogens is 2. The maximum atomic E-state index is 13.1. The molecule has 0 amide bonds. The van der Waals surface area contributed by atoms with E-state index in [1.54, 1.807) is 6.07 Å². The lowest BCUT2D eigenvalue weighted by Crippen LogP contribution is -2.08. The highest BCUT2D eigenvalue weighted by atomic mass is 19.1. The Labute approximate surface area is 106 Å². The molecule has 0 radical (unpaired) electrons. The maximum absolute atomic E-state index is 13.1. The fourth-order valence-electron chi connectivity index (χ4n) is 1.84. The second kappa shape index (κ2) is 5.08. The Morgan fingerprint density at radius 3 is 2.89 bits per heavy atom. The Balaban J connectivity index is 2.15.